The number of nitrogens with zero attached hydrogens (tertiary/aromatic N) is 2. The molecule has 4 rings (SSSR count). The molecule has 1 heterocycles. The van der Waals surface area contributed by atoms with Gasteiger partial charge < -0.3 is 14.2 Å². The number of rotatable bonds is 7. The maximum absolute atomic E-state index is 12.0. The van der Waals surface area contributed by atoms with Gasteiger partial charge in [-0.25, -0.2) is 0 Å². The molecule has 0 aromatic heterocycles. The van der Waals surface area contributed by atoms with Crippen LogP contribution in [0.25, 0.3) is 0 Å². The molecule has 0 aliphatic carbocycles. The van der Waals surface area contributed by atoms with Crippen molar-refractivity contribution in [3.8, 4) is 17.2 Å². The minimum atomic E-state index is -0.338. The molecule has 0 saturated heterocycles. The van der Waals surface area contributed by atoms with Gasteiger partial charge in [-0.3, -0.25) is 15.0 Å². The summed E-state index contributed by atoms with van der Waals surface area (Å²) in [4.78, 5) is 13.9. The topological polar surface area (TPSA) is 74.1 Å². The summed E-state index contributed by atoms with van der Waals surface area (Å²) < 4.78 is 16.2. The summed E-state index contributed by atoms with van der Waals surface area (Å²) in [5.41, 5.74) is 3.84. The largest absolute Gasteiger partial charge is 0.493 e. The zero-order valence-corrected chi connectivity index (χ0v) is 18.4. The Morgan fingerprint density at radius 3 is 2.28 bits per heavy atom. The second-order valence-corrected chi connectivity index (χ2v) is 7.76. The van der Waals surface area contributed by atoms with Gasteiger partial charge in [0.2, 0.25) is 0 Å². The number of nitro benzene ring substituents is 1. The van der Waals surface area contributed by atoms with Crippen LogP contribution in [0.2, 0.25) is 0 Å². The first-order valence-corrected chi connectivity index (χ1v) is 10.4. The van der Waals surface area contributed by atoms with E-state index in [-0.39, 0.29) is 22.3 Å². The lowest BCUT2D eigenvalue weighted by Gasteiger charge is -2.35. The molecular formula is C25H26N2O5. The Morgan fingerprint density at radius 1 is 0.938 bits per heavy atom. The van der Waals surface area contributed by atoms with Crippen molar-refractivity contribution < 1.29 is 19.1 Å². The van der Waals surface area contributed by atoms with Crippen LogP contribution in [0.4, 0.5) is 5.69 Å². The fourth-order valence-electron chi connectivity index (χ4n) is 4.45. The highest BCUT2D eigenvalue weighted by molar-refractivity contribution is 5.60. The summed E-state index contributed by atoms with van der Waals surface area (Å²) in [5.74, 6) is 1.50. The summed E-state index contributed by atoms with van der Waals surface area (Å²) in [6, 6.07) is 19.6. The number of hydrogen-bond donors (Lipinski definition) is 0. The number of nitro groups is 1. The molecule has 0 saturated carbocycles. The molecule has 0 N–H and O–H groups in total. The van der Waals surface area contributed by atoms with E-state index in [0.29, 0.717) is 30.2 Å². The van der Waals surface area contributed by atoms with Crippen LogP contribution >= 0.6 is 0 Å². The van der Waals surface area contributed by atoms with Crippen molar-refractivity contribution in [1.82, 2.24) is 4.90 Å². The third-order valence-electron chi connectivity index (χ3n) is 5.94. The first kappa shape index (κ1) is 21.6. The normalized spacial score (nSPS) is 15.7. The van der Waals surface area contributed by atoms with Crippen LogP contribution in [-0.2, 0) is 13.1 Å². The summed E-state index contributed by atoms with van der Waals surface area (Å²) >= 11 is 0. The molecule has 0 fully saturated rings. The summed E-state index contributed by atoms with van der Waals surface area (Å²) in [7, 11) is 4.67. The van der Waals surface area contributed by atoms with Gasteiger partial charge in [-0.2, -0.15) is 0 Å². The summed E-state index contributed by atoms with van der Waals surface area (Å²) in [6.45, 7) is 1.89. The van der Waals surface area contributed by atoms with Gasteiger partial charge in [0, 0.05) is 25.6 Å². The molecule has 0 bridgehead atoms. The Hall–Kier alpha value is -3.58. The molecule has 0 spiro atoms. The Morgan fingerprint density at radius 2 is 1.62 bits per heavy atom. The van der Waals surface area contributed by atoms with Crippen molar-refractivity contribution >= 4 is 5.69 Å². The van der Waals surface area contributed by atoms with E-state index in [1.54, 1.807) is 20.3 Å². The van der Waals surface area contributed by atoms with Gasteiger partial charge in [-0.05, 0) is 34.9 Å². The zero-order chi connectivity index (χ0) is 22.7. The Balaban J connectivity index is 1.82. The number of ether oxygens (including phenoxy) is 3. The second-order valence-electron chi connectivity index (χ2n) is 7.76. The van der Waals surface area contributed by atoms with Gasteiger partial charge in [0.1, 0.15) is 0 Å². The highest BCUT2D eigenvalue weighted by atomic mass is 16.6. The SMILES string of the molecule is COc1ccc(C2CN(Cc3ccccc3)Cc3c2ccc(OC)c3[N+](=O)[O-])cc1OC. The molecule has 3 aromatic rings. The van der Waals surface area contributed by atoms with Gasteiger partial charge >= 0.3 is 5.69 Å². The highest BCUT2D eigenvalue weighted by Crippen LogP contribution is 2.43. The molecule has 1 aliphatic heterocycles. The highest BCUT2D eigenvalue weighted by Gasteiger charge is 2.34. The molecule has 7 heteroatoms. The third-order valence-corrected chi connectivity index (χ3v) is 5.94. The maximum Gasteiger partial charge on any atom is 0.315 e. The molecule has 32 heavy (non-hydrogen) atoms. The Bertz CT molecular complexity index is 1120. The number of methoxy groups -OCH3 is 3. The second kappa shape index (κ2) is 9.28. The summed E-state index contributed by atoms with van der Waals surface area (Å²) in [5, 5.41) is 12.0. The monoisotopic (exact) mass is 434 g/mol. The average Bonchev–Trinajstić information content (AvgIpc) is 2.82. The van der Waals surface area contributed by atoms with Crippen molar-refractivity contribution in [2.24, 2.45) is 0 Å². The van der Waals surface area contributed by atoms with Crippen molar-refractivity contribution in [1.29, 1.82) is 0 Å². The smallest absolute Gasteiger partial charge is 0.315 e. The van der Waals surface area contributed by atoms with Crippen molar-refractivity contribution in [3.05, 3.63) is 93.0 Å². The molecule has 166 valence electrons. The van der Waals surface area contributed by atoms with Crippen LogP contribution in [0.1, 0.15) is 28.2 Å². The molecule has 1 aliphatic rings. The molecule has 0 amide bonds. The van der Waals surface area contributed by atoms with Crippen LogP contribution in [0, 0.1) is 10.1 Å². The van der Waals surface area contributed by atoms with E-state index < -0.39 is 0 Å². The number of benzene rings is 3. The minimum Gasteiger partial charge on any atom is -0.493 e. The van der Waals surface area contributed by atoms with Gasteiger partial charge in [-0.1, -0.05) is 42.5 Å². The lowest BCUT2D eigenvalue weighted by molar-refractivity contribution is -0.386. The van der Waals surface area contributed by atoms with Crippen molar-refractivity contribution in [3.63, 3.8) is 0 Å². The Labute approximate surface area is 187 Å². The maximum atomic E-state index is 12.0. The lowest BCUT2D eigenvalue weighted by Crippen LogP contribution is -2.34. The van der Waals surface area contributed by atoms with Gasteiger partial charge in [-0.15, -0.1) is 0 Å². The fraction of sp³-hybridized carbons (Fsp3) is 0.280. The number of fused-ring (bicyclic) bond motifs is 1. The van der Waals surface area contributed by atoms with E-state index in [9.17, 15) is 10.1 Å². The molecule has 1 atom stereocenters. The molecule has 3 aromatic carbocycles. The molecule has 0 radical (unpaired) electrons. The fourth-order valence-corrected chi connectivity index (χ4v) is 4.45. The molecular weight excluding hydrogens is 408 g/mol. The lowest BCUT2D eigenvalue weighted by atomic mass is 9.83. The molecule has 1 unspecified atom stereocenters. The number of hydrogen-bond acceptors (Lipinski definition) is 6. The van der Waals surface area contributed by atoms with Crippen LogP contribution < -0.4 is 14.2 Å². The predicted octanol–water partition coefficient (Wildman–Crippen LogP) is 4.77. The van der Waals surface area contributed by atoms with Crippen molar-refractivity contribution in [2.45, 2.75) is 19.0 Å². The average molecular weight is 434 g/mol. The molecule has 7 nitrogen and oxygen atoms in total. The van der Waals surface area contributed by atoms with E-state index >= 15 is 0 Å². The van der Waals surface area contributed by atoms with Crippen LogP contribution in [0.15, 0.2) is 60.7 Å². The van der Waals surface area contributed by atoms with Crippen LogP contribution in [0.3, 0.4) is 0 Å². The van der Waals surface area contributed by atoms with Crippen molar-refractivity contribution in [2.75, 3.05) is 27.9 Å². The third kappa shape index (κ3) is 4.11. The Kier molecular flexibility index (Phi) is 6.28. The minimum absolute atomic E-state index is 0.0354. The van der Waals surface area contributed by atoms with E-state index in [1.165, 1.54) is 7.11 Å². The summed E-state index contributed by atoms with van der Waals surface area (Å²) in [6.07, 6.45) is 0. The predicted molar refractivity (Wildman–Crippen MR) is 122 cm³/mol. The van der Waals surface area contributed by atoms with Crippen LogP contribution in [0.5, 0.6) is 17.2 Å². The first-order chi connectivity index (χ1) is 15.5. The standard InChI is InChI=1S/C25H26N2O5/c1-30-22-11-9-18(13-24(22)32-3)20-15-26(14-17-7-5-4-6-8-17)16-21-19(20)10-12-23(31-2)25(21)27(28)29/h4-13,20H,14-16H2,1-3H3. The van der Waals surface area contributed by atoms with E-state index in [2.05, 4.69) is 17.0 Å². The van der Waals surface area contributed by atoms with Gasteiger partial charge in [0.15, 0.2) is 17.2 Å². The van der Waals surface area contributed by atoms with Crippen LogP contribution in [-0.4, -0.2) is 37.7 Å². The van der Waals surface area contributed by atoms with E-state index in [4.69, 9.17) is 14.2 Å². The first-order valence-electron chi connectivity index (χ1n) is 10.4. The zero-order valence-electron chi connectivity index (χ0n) is 18.4. The quantitative estimate of drug-likeness (QED) is 0.394. The van der Waals surface area contributed by atoms with E-state index in [0.717, 1.165) is 23.2 Å². The van der Waals surface area contributed by atoms with Gasteiger partial charge in [0.05, 0.1) is 31.8 Å². The van der Waals surface area contributed by atoms with E-state index in [1.807, 2.05) is 42.5 Å². The van der Waals surface area contributed by atoms with Gasteiger partial charge in [0.25, 0.3) is 0 Å².